The Bertz CT molecular complexity index is 463. The van der Waals surface area contributed by atoms with Crippen LogP contribution in [0.5, 0.6) is 0 Å². The lowest BCUT2D eigenvalue weighted by Crippen LogP contribution is -1.97. The summed E-state index contributed by atoms with van der Waals surface area (Å²) in [5.74, 6) is 1.30. The van der Waals surface area contributed by atoms with Gasteiger partial charge in [0.15, 0.2) is 0 Å². The molecule has 2 aromatic rings. The quantitative estimate of drug-likeness (QED) is 0.675. The van der Waals surface area contributed by atoms with E-state index >= 15 is 0 Å². The molecule has 2 heterocycles. The highest BCUT2D eigenvalue weighted by molar-refractivity contribution is 7.10. The molecule has 0 saturated heterocycles. The summed E-state index contributed by atoms with van der Waals surface area (Å²) in [7, 11) is 0. The van der Waals surface area contributed by atoms with Gasteiger partial charge in [0, 0.05) is 9.75 Å². The molecule has 0 radical (unpaired) electrons. The summed E-state index contributed by atoms with van der Waals surface area (Å²) >= 11 is 3.80. The Morgan fingerprint density at radius 2 is 1.94 bits per heavy atom. The minimum atomic E-state index is 0.642. The fourth-order valence-corrected chi connectivity index (χ4v) is 4.15. The molecular weight excluding hydrogens is 244 g/mol. The van der Waals surface area contributed by atoms with Crippen molar-refractivity contribution in [1.29, 1.82) is 0 Å². The van der Waals surface area contributed by atoms with Gasteiger partial charge in [-0.25, -0.2) is 0 Å². The van der Waals surface area contributed by atoms with Gasteiger partial charge in [0.25, 0.3) is 0 Å². The van der Waals surface area contributed by atoms with Gasteiger partial charge in [-0.05, 0) is 53.1 Å². The van der Waals surface area contributed by atoms with Crippen molar-refractivity contribution in [1.82, 2.24) is 0 Å². The SMILES string of the molecule is Cc1c(CC(C)c2cccs2)csc1C(C)C. The Labute approximate surface area is 112 Å². The second-order valence-corrected chi connectivity index (χ2v) is 6.92. The van der Waals surface area contributed by atoms with Gasteiger partial charge < -0.3 is 0 Å². The number of hydrogen-bond donors (Lipinski definition) is 0. The van der Waals surface area contributed by atoms with Crippen molar-refractivity contribution >= 4 is 22.7 Å². The molecule has 1 atom stereocenters. The van der Waals surface area contributed by atoms with E-state index in [1.54, 1.807) is 10.4 Å². The van der Waals surface area contributed by atoms with E-state index in [1.165, 1.54) is 16.9 Å². The molecular formula is C15H20S2. The highest BCUT2D eigenvalue weighted by Gasteiger charge is 2.14. The maximum absolute atomic E-state index is 2.36. The molecule has 0 nitrogen and oxygen atoms in total. The molecule has 2 rings (SSSR count). The molecule has 0 aromatic carbocycles. The second kappa shape index (κ2) is 5.36. The molecule has 0 spiro atoms. The van der Waals surface area contributed by atoms with E-state index in [4.69, 9.17) is 0 Å². The first-order valence-corrected chi connectivity index (χ1v) is 7.95. The number of rotatable bonds is 4. The van der Waals surface area contributed by atoms with E-state index < -0.39 is 0 Å². The number of thiophene rings is 2. The van der Waals surface area contributed by atoms with Gasteiger partial charge in [-0.1, -0.05) is 26.8 Å². The first-order chi connectivity index (χ1) is 8.09. The van der Waals surface area contributed by atoms with Crippen LogP contribution in [0.15, 0.2) is 22.9 Å². The van der Waals surface area contributed by atoms with Crippen LogP contribution in [0.4, 0.5) is 0 Å². The minimum absolute atomic E-state index is 0.642. The Hall–Kier alpha value is -0.600. The average Bonchev–Trinajstić information content (AvgIpc) is 2.89. The van der Waals surface area contributed by atoms with E-state index in [2.05, 4.69) is 50.6 Å². The van der Waals surface area contributed by atoms with Gasteiger partial charge >= 0.3 is 0 Å². The summed E-state index contributed by atoms with van der Waals surface area (Å²) in [6.07, 6.45) is 1.18. The topological polar surface area (TPSA) is 0 Å². The van der Waals surface area contributed by atoms with Gasteiger partial charge in [-0.15, -0.1) is 22.7 Å². The molecule has 0 amide bonds. The van der Waals surface area contributed by atoms with Crippen molar-refractivity contribution in [2.75, 3.05) is 0 Å². The first-order valence-electron chi connectivity index (χ1n) is 6.19. The maximum Gasteiger partial charge on any atom is 0.0103 e. The molecule has 0 fully saturated rings. The lowest BCUT2D eigenvalue weighted by molar-refractivity contribution is 0.770. The van der Waals surface area contributed by atoms with Crippen LogP contribution in [-0.2, 0) is 6.42 Å². The highest BCUT2D eigenvalue weighted by Crippen LogP contribution is 2.32. The van der Waals surface area contributed by atoms with Crippen molar-refractivity contribution in [2.24, 2.45) is 0 Å². The zero-order valence-corrected chi connectivity index (χ0v) is 12.6. The second-order valence-electron chi connectivity index (χ2n) is 5.03. The summed E-state index contributed by atoms with van der Waals surface area (Å²) in [6.45, 7) is 9.18. The van der Waals surface area contributed by atoms with E-state index in [-0.39, 0.29) is 0 Å². The van der Waals surface area contributed by atoms with Crippen LogP contribution >= 0.6 is 22.7 Å². The molecule has 1 unspecified atom stereocenters. The first kappa shape index (κ1) is 12.8. The van der Waals surface area contributed by atoms with Crippen molar-refractivity contribution in [2.45, 2.75) is 46.0 Å². The molecule has 2 aromatic heterocycles. The van der Waals surface area contributed by atoms with Gasteiger partial charge in [-0.3, -0.25) is 0 Å². The van der Waals surface area contributed by atoms with E-state index in [0.717, 1.165) is 0 Å². The highest BCUT2D eigenvalue weighted by atomic mass is 32.1. The Morgan fingerprint density at radius 1 is 1.18 bits per heavy atom. The van der Waals surface area contributed by atoms with E-state index in [1.807, 2.05) is 22.7 Å². The third kappa shape index (κ3) is 2.80. The molecule has 2 heteroatoms. The van der Waals surface area contributed by atoms with E-state index in [9.17, 15) is 0 Å². The fraction of sp³-hybridized carbons (Fsp3) is 0.467. The lowest BCUT2D eigenvalue weighted by Gasteiger charge is -2.10. The molecule has 17 heavy (non-hydrogen) atoms. The van der Waals surface area contributed by atoms with Crippen LogP contribution < -0.4 is 0 Å². The predicted molar refractivity (Wildman–Crippen MR) is 79.6 cm³/mol. The summed E-state index contributed by atoms with van der Waals surface area (Å²) in [6, 6.07) is 4.40. The van der Waals surface area contributed by atoms with Crippen molar-refractivity contribution in [3.63, 3.8) is 0 Å². The molecule has 0 N–H and O–H groups in total. The summed E-state index contributed by atoms with van der Waals surface area (Å²) < 4.78 is 0. The van der Waals surface area contributed by atoms with Crippen LogP contribution in [0.3, 0.4) is 0 Å². The lowest BCUT2D eigenvalue weighted by atomic mass is 9.97. The predicted octanol–water partition coefficient (Wildman–Crippen LogP) is 5.59. The Morgan fingerprint density at radius 3 is 2.47 bits per heavy atom. The molecule has 0 aliphatic rings. The zero-order chi connectivity index (χ0) is 12.4. The van der Waals surface area contributed by atoms with Crippen LogP contribution in [0.25, 0.3) is 0 Å². The third-order valence-electron chi connectivity index (χ3n) is 3.26. The monoisotopic (exact) mass is 264 g/mol. The van der Waals surface area contributed by atoms with E-state index in [0.29, 0.717) is 11.8 Å². The summed E-state index contributed by atoms with van der Waals surface area (Å²) in [5.41, 5.74) is 3.06. The molecule has 0 bridgehead atoms. The number of hydrogen-bond acceptors (Lipinski definition) is 2. The molecule has 92 valence electrons. The van der Waals surface area contributed by atoms with Crippen LogP contribution in [0.2, 0.25) is 0 Å². The summed E-state index contributed by atoms with van der Waals surface area (Å²) in [4.78, 5) is 3.06. The normalized spacial score (nSPS) is 13.2. The van der Waals surface area contributed by atoms with Crippen LogP contribution in [0, 0.1) is 6.92 Å². The largest absolute Gasteiger partial charge is 0.149 e. The minimum Gasteiger partial charge on any atom is -0.149 e. The van der Waals surface area contributed by atoms with Crippen molar-refractivity contribution < 1.29 is 0 Å². The zero-order valence-electron chi connectivity index (χ0n) is 11.0. The smallest absolute Gasteiger partial charge is 0.0103 e. The van der Waals surface area contributed by atoms with Gasteiger partial charge in [0.2, 0.25) is 0 Å². The molecule has 0 aliphatic carbocycles. The summed E-state index contributed by atoms with van der Waals surface area (Å²) in [5, 5.41) is 4.53. The van der Waals surface area contributed by atoms with Gasteiger partial charge in [0.05, 0.1) is 0 Å². The standard InChI is InChI=1S/C15H20S2/c1-10(2)15-12(4)13(9-17-15)8-11(3)14-6-5-7-16-14/h5-7,9-11H,8H2,1-4H3. The Balaban J connectivity index is 2.14. The maximum atomic E-state index is 2.36. The average molecular weight is 264 g/mol. The van der Waals surface area contributed by atoms with Crippen LogP contribution in [0.1, 0.15) is 53.5 Å². The third-order valence-corrected chi connectivity index (χ3v) is 5.80. The Kier molecular flexibility index (Phi) is 4.05. The van der Waals surface area contributed by atoms with Crippen LogP contribution in [-0.4, -0.2) is 0 Å². The fourth-order valence-electron chi connectivity index (χ4n) is 2.24. The van der Waals surface area contributed by atoms with Crippen molar-refractivity contribution in [3.05, 3.63) is 43.8 Å². The van der Waals surface area contributed by atoms with Gasteiger partial charge in [0.1, 0.15) is 0 Å². The molecule has 0 saturated carbocycles. The van der Waals surface area contributed by atoms with Gasteiger partial charge in [-0.2, -0.15) is 0 Å². The van der Waals surface area contributed by atoms with Crippen molar-refractivity contribution in [3.8, 4) is 0 Å². The molecule has 0 aliphatic heterocycles.